The van der Waals surface area contributed by atoms with Gasteiger partial charge >= 0.3 is 0 Å². The molecule has 2 nitrogen and oxygen atoms in total. The Hall–Kier alpha value is -0.730. The first-order valence-electron chi connectivity index (χ1n) is 5.79. The van der Waals surface area contributed by atoms with E-state index >= 15 is 0 Å². The second kappa shape index (κ2) is 4.27. The fourth-order valence-corrected chi connectivity index (χ4v) is 2.82. The van der Waals surface area contributed by atoms with Gasteiger partial charge in [0.1, 0.15) is 0 Å². The van der Waals surface area contributed by atoms with E-state index in [-0.39, 0.29) is 5.54 Å². The number of benzene rings is 1. The molecule has 1 aromatic carbocycles. The maximum absolute atomic E-state index is 6.40. The molecule has 0 spiro atoms. The Labute approximate surface area is 102 Å². The van der Waals surface area contributed by atoms with Crippen LogP contribution in [0.5, 0.6) is 0 Å². The quantitative estimate of drug-likeness (QED) is 0.858. The van der Waals surface area contributed by atoms with Crippen LogP contribution in [-0.4, -0.2) is 14.1 Å². The summed E-state index contributed by atoms with van der Waals surface area (Å²) in [6.45, 7) is 0. The maximum atomic E-state index is 6.40. The number of hydrogen-bond acceptors (Lipinski definition) is 2. The Kier molecular flexibility index (Phi) is 3.13. The first-order valence-corrected chi connectivity index (χ1v) is 6.17. The summed E-state index contributed by atoms with van der Waals surface area (Å²) >= 11 is 6.27. The van der Waals surface area contributed by atoms with Gasteiger partial charge < -0.3 is 10.6 Å². The standard InChI is InChI=1S/C13H19ClN2/c1-16(2)12-6-5-10(9-11(12)14)13(15)7-3-4-8-13/h5-6,9H,3-4,7-8,15H2,1-2H3. The summed E-state index contributed by atoms with van der Waals surface area (Å²) in [4.78, 5) is 2.02. The Balaban J connectivity index is 2.34. The SMILES string of the molecule is CN(C)c1ccc(C2(N)CCCC2)cc1Cl. The largest absolute Gasteiger partial charge is 0.376 e. The molecule has 1 fully saturated rings. The van der Waals surface area contributed by atoms with Crippen molar-refractivity contribution < 1.29 is 0 Å². The van der Waals surface area contributed by atoms with E-state index in [4.69, 9.17) is 17.3 Å². The third-order valence-electron chi connectivity index (χ3n) is 3.50. The van der Waals surface area contributed by atoms with Crippen LogP contribution in [0, 0.1) is 0 Å². The molecule has 2 rings (SSSR count). The predicted octanol–water partition coefficient (Wildman–Crippen LogP) is 3.13. The number of hydrogen-bond donors (Lipinski definition) is 1. The number of halogens is 1. The Morgan fingerprint density at radius 3 is 2.38 bits per heavy atom. The van der Waals surface area contributed by atoms with Gasteiger partial charge in [-0.05, 0) is 30.5 Å². The summed E-state index contributed by atoms with van der Waals surface area (Å²) in [5.41, 5.74) is 8.49. The molecule has 2 N–H and O–H groups in total. The number of anilines is 1. The van der Waals surface area contributed by atoms with Gasteiger partial charge in [0.05, 0.1) is 10.7 Å². The molecule has 0 aromatic heterocycles. The van der Waals surface area contributed by atoms with Crippen molar-refractivity contribution in [2.24, 2.45) is 5.73 Å². The lowest BCUT2D eigenvalue weighted by molar-refractivity contribution is 0.462. The minimum Gasteiger partial charge on any atom is -0.376 e. The molecular weight excluding hydrogens is 220 g/mol. The third kappa shape index (κ3) is 2.04. The second-order valence-corrected chi connectivity index (χ2v) is 5.33. The summed E-state index contributed by atoms with van der Waals surface area (Å²) in [6.07, 6.45) is 4.60. The molecule has 88 valence electrons. The molecule has 0 atom stereocenters. The van der Waals surface area contributed by atoms with Crippen LogP contribution in [0.2, 0.25) is 5.02 Å². The molecule has 0 aliphatic heterocycles. The second-order valence-electron chi connectivity index (χ2n) is 4.92. The van der Waals surface area contributed by atoms with Crippen molar-refractivity contribution in [3.8, 4) is 0 Å². The molecular formula is C13H19ClN2. The van der Waals surface area contributed by atoms with Crippen molar-refractivity contribution in [3.63, 3.8) is 0 Å². The average Bonchev–Trinajstić information content (AvgIpc) is 2.66. The summed E-state index contributed by atoms with van der Waals surface area (Å²) in [5, 5.41) is 0.791. The van der Waals surface area contributed by atoms with Crippen molar-refractivity contribution in [2.45, 2.75) is 31.2 Å². The fraction of sp³-hybridized carbons (Fsp3) is 0.538. The molecule has 1 aliphatic rings. The lowest BCUT2D eigenvalue weighted by Gasteiger charge is -2.25. The van der Waals surface area contributed by atoms with Crippen molar-refractivity contribution in [3.05, 3.63) is 28.8 Å². The van der Waals surface area contributed by atoms with Crippen molar-refractivity contribution in [1.82, 2.24) is 0 Å². The molecule has 3 heteroatoms. The highest BCUT2D eigenvalue weighted by molar-refractivity contribution is 6.33. The van der Waals surface area contributed by atoms with Gasteiger partial charge in [0.25, 0.3) is 0 Å². The van der Waals surface area contributed by atoms with E-state index in [9.17, 15) is 0 Å². The van der Waals surface area contributed by atoms with Crippen LogP contribution in [0.1, 0.15) is 31.2 Å². The van der Waals surface area contributed by atoms with E-state index in [2.05, 4.69) is 12.1 Å². The molecule has 0 bridgehead atoms. The Morgan fingerprint density at radius 1 is 1.25 bits per heavy atom. The van der Waals surface area contributed by atoms with Crippen LogP contribution >= 0.6 is 11.6 Å². The summed E-state index contributed by atoms with van der Waals surface area (Å²) in [7, 11) is 3.99. The van der Waals surface area contributed by atoms with Gasteiger partial charge in [0, 0.05) is 19.6 Å². The van der Waals surface area contributed by atoms with E-state index in [1.54, 1.807) is 0 Å². The van der Waals surface area contributed by atoms with Gasteiger partial charge in [-0.2, -0.15) is 0 Å². The number of rotatable bonds is 2. The Morgan fingerprint density at radius 2 is 1.88 bits per heavy atom. The van der Waals surface area contributed by atoms with Crippen LogP contribution in [0.4, 0.5) is 5.69 Å². The van der Waals surface area contributed by atoms with Crippen LogP contribution in [0.3, 0.4) is 0 Å². The van der Waals surface area contributed by atoms with Crippen molar-refractivity contribution >= 4 is 17.3 Å². The van der Waals surface area contributed by atoms with Crippen LogP contribution in [0.15, 0.2) is 18.2 Å². The minimum atomic E-state index is -0.144. The normalized spacial score (nSPS) is 18.8. The Bertz CT molecular complexity index is 382. The first kappa shape index (κ1) is 11.7. The van der Waals surface area contributed by atoms with Gasteiger partial charge in [0.15, 0.2) is 0 Å². The summed E-state index contributed by atoms with van der Waals surface area (Å²) in [5.74, 6) is 0. The lowest BCUT2D eigenvalue weighted by atomic mass is 9.89. The molecule has 1 aromatic rings. The smallest absolute Gasteiger partial charge is 0.0642 e. The molecule has 0 heterocycles. The maximum Gasteiger partial charge on any atom is 0.0642 e. The molecule has 0 unspecified atom stereocenters. The van der Waals surface area contributed by atoms with Crippen molar-refractivity contribution in [2.75, 3.05) is 19.0 Å². The van der Waals surface area contributed by atoms with E-state index in [1.165, 1.54) is 18.4 Å². The fourth-order valence-electron chi connectivity index (χ4n) is 2.47. The van der Waals surface area contributed by atoms with Gasteiger partial charge in [-0.3, -0.25) is 0 Å². The van der Waals surface area contributed by atoms with Gasteiger partial charge in [-0.25, -0.2) is 0 Å². The monoisotopic (exact) mass is 238 g/mol. The van der Waals surface area contributed by atoms with Gasteiger partial charge in [0.2, 0.25) is 0 Å². The highest BCUT2D eigenvalue weighted by atomic mass is 35.5. The highest BCUT2D eigenvalue weighted by Gasteiger charge is 2.31. The van der Waals surface area contributed by atoms with Crippen LogP contribution < -0.4 is 10.6 Å². The zero-order valence-corrected chi connectivity index (χ0v) is 10.7. The molecule has 1 saturated carbocycles. The van der Waals surface area contributed by atoms with E-state index < -0.39 is 0 Å². The molecule has 0 saturated heterocycles. The zero-order chi connectivity index (χ0) is 11.8. The summed E-state index contributed by atoms with van der Waals surface area (Å²) < 4.78 is 0. The van der Waals surface area contributed by atoms with Crippen molar-refractivity contribution in [1.29, 1.82) is 0 Å². The molecule has 1 aliphatic carbocycles. The zero-order valence-electron chi connectivity index (χ0n) is 9.96. The van der Waals surface area contributed by atoms with Crippen LogP contribution in [0.25, 0.3) is 0 Å². The molecule has 0 amide bonds. The van der Waals surface area contributed by atoms with Gasteiger partial charge in [-0.15, -0.1) is 0 Å². The van der Waals surface area contributed by atoms with Crippen LogP contribution in [-0.2, 0) is 5.54 Å². The predicted molar refractivity (Wildman–Crippen MR) is 70.1 cm³/mol. The first-order chi connectivity index (χ1) is 7.53. The number of nitrogens with two attached hydrogens (primary N) is 1. The summed E-state index contributed by atoms with van der Waals surface area (Å²) in [6, 6.07) is 6.21. The van der Waals surface area contributed by atoms with E-state index in [0.717, 1.165) is 23.6 Å². The third-order valence-corrected chi connectivity index (χ3v) is 3.80. The topological polar surface area (TPSA) is 29.3 Å². The highest BCUT2D eigenvalue weighted by Crippen LogP contribution is 2.38. The van der Waals surface area contributed by atoms with E-state index in [1.807, 2.05) is 25.1 Å². The number of nitrogens with zero attached hydrogens (tertiary/aromatic N) is 1. The molecule has 16 heavy (non-hydrogen) atoms. The van der Waals surface area contributed by atoms with E-state index in [0.29, 0.717) is 0 Å². The van der Waals surface area contributed by atoms with Gasteiger partial charge in [-0.1, -0.05) is 30.5 Å². The average molecular weight is 239 g/mol. The lowest BCUT2D eigenvalue weighted by Crippen LogP contribution is -2.33. The minimum absolute atomic E-state index is 0.144. The molecule has 0 radical (unpaired) electrons.